The average Bonchev–Trinajstić information content (AvgIpc) is 3.08. The highest BCUT2D eigenvalue weighted by Gasteiger charge is 2.47. The molecule has 2 rings (SSSR count). The number of carbonyl (C=O) groups is 1. The van der Waals surface area contributed by atoms with Crippen LogP contribution in [0.4, 0.5) is 0 Å². The first-order valence-corrected chi connectivity index (χ1v) is 5.94. The average molecular weight is 208 g/mol. The van der Waals surface area contributed by atoms with E-state index in [0.29, 0.717) is 0 Å². The molecule has 0 saturated heterocycles. The van der Waals surface area contributed by atoms with Crippen LogP contribution in [0.1, 0.15) is 32.6 Å². The van der Waals surface area contributed by atoms with Gasteiger partial charge >= 0.3 is 0 Å². The van der Waals surface area contributed by atoms with E-state index in [1.165, 1.54) is 5.57 Å². The predicted octanol–water partition coefficient (Wildman–Crippen LogP) is 1.21. The highest BCUT2D eigenvalue weighted by atomic mass is 16.2. The Balaban J connectivity index is 1.78. The van der Waals surface area contributed by atoms with Crippen molar-refractivity contribution < 1.29 is 4.79 Å². The summed E-state index contributed by atoms with van der Waals surface area (Å²) in [6, 6.07) is 0. The third kappa shape index (κ3) is 2.40. The van der Waals surface area contributed by atoms with Gasteiger partial charge in [0.15, 0.2) is 0 Å². The molecule has 1 aliphatic heterocycles. The second-order valence-corrected chi connectivity index (χ2v) is 4.63. The molecule has 3 heteroatoms. The van der Waals surface area contributed by atoms with Crippen molar-refractivity contribution >= 4 is 5.91 Å². The highest BCUT2D eigenvalue weighted by molar-refractivity contribution is 5.85. The van der Waals surface area contributed by atoms with Crippen molar-refractivity contribution in [1.82, 2.24) is 10.6 Å². The van der Waals surface area contributed by atoms with Crippen LogP contribution in [0.2, 0.25) is 0 Å². The van der Waals surface area contributed by atoms with Crippen LogP contribution in [0.3, 0.4) is 0 Å². The van der Waals surface area contributed by atoms with Crippen LogP contribution in [0.5, 0.6) is 0 Å². The first-order valence-electron chi connectivity index (χ1n) is 5.94. The Bertz CT molecular complexity index is 279. The topological polar surface area (TPSA) is 41.1 Å². The molecule has 0 spiro atoms. The third-order valence-electron chi connectivity index (χ3n) is 3.65. The highest BCUT2D eigenvalue weighted by Crippen LogP contribution is 2.48. The van der Waals surface area contributed by atoms with E-state index < -0.39 is 0 Å². The molecular weight excluding hydrogens is 188 g/mol. The summed E-state index contributed by atoms with van der Waals surface area (Å²) >= 11 is 0. The second-order valence-electron chi connectivity index (χ2n) is 4.63. The van der Waals surface area contributed by atoms with Gasteiger partial charge in [-0.25, -0.2) is 0 Å². The Morgan fingerprint density at radius 1 is 1.60 bits per heavy atom. The minimum atomic E-state index is 0.00742. The maximum absolute atomic E-state index is 11.8. The van der Waals surface area contributed by atoms with Crippen molar-refractivity contribution in [3.8, 4) is 0 Å². The van der Waals surface area contributed by atoms with Gasteiger partial charge in [0, 0.05) is 18.5 Å². The van der Waals surface area contributed by atoms with E-state index in [4.69, 9.17) is 0 Å². The molecule has 0 aromatic carbocycles. The molecule has 0 aromatic heterocycles. The molecular formula is C12H20N2O. The van der Waals surface area contributed by atoms with Gasteiger partial charge < -0.3 is 10.6 Å². The van der Waals surface area contributed by atoms with Gasteiger partial charge in [0.2, 0.25) is 5.91 Å². The third-order valence-corrected chi connectivity index (χ3v) is 3.65. The van der Waals surface area contributed by atoms with Gasteiger partial charge in [-0.1, -0.05) is 18.6 Å². The number of nitrogens with one attached hydrogen (secondary N) is 2. The summed E-state index contributed by atoms with van der Waals surface area (Å²) in [4.78, 5) is 11.8. The maximum atomic E-state index is 11.8. The first kappa shape index (κ1) is 10.7. The van der Waals surface area contributed by atoms with Crippen LogP contribution in [-0.2, 0) is 4.79 Å². The lowest BCUT2D eigenvalue weighted by Gasteiger charge is -2.17. The van der Waals surface area contributed by atoms with Gasteiger partial charge in [-0.2, -0.15) is 0 Å². The molecule has 0 bridgehead atoms. The van der Waals surface area contributed by atoms with Crippen LogP contribution in [-0.4, -0.2) is 25.5 Å². The van der Waals surface area contributed by atoms with E-state index in [1.54, 1.807) is 0 Å². The molecule has 2 N–H and O–H groups in total. The summed E-state index contributed by atoms with van der Waals surface area (Å²) in [5, 5.41) is 6.34. The molecule has 2 aliphatic rings. The lowest BCUT2D eigenvalue weighted by Crippen LogP contribution is -2.34. The molecule has 0 unspecified atom stereocenters. The first-order chi connectivity index (χ1) is 7.27. The van der Waals surface area contributed by atoms with Crippen molar-refractivity contribution in [3.63, 3.8) is 0 Å². The summed E-state index contributed by atoms with van der Waals surface area (Å²) in [7, 11) is 0. The van der Waals surface area contributed by atoms with Gasteiger partial charge in [0.1, 0.15) is 0 Å². The fourth-order valence-corrected chi connectivity index (χ4v) is 2.10. The van der Waals surface area contributed by atoms with Crippen molar-refractivity contribution in [3.05, 3.63) is 11.6 Å². The van der Waals surface area contributed by atoms with Crippen molar-refractivity contribution in [1.29, 1.82) is 0 Å². The van der Waals surface area contributed by atoms with Crippen molar-refractivity contribution in [2.45, 2.75) is 32.6 Å². The maximum Gasteiger partial charge on any atom is 0.226 e. The standard InChI is InChI=1S/C12H20N2O/c1-2-12(5-6-12)11(15)14-9-10-3-7-13-8-4-10/h3,13H,2,4-9H2,1H3,(H,14,15). The molecule has 15 heavy (non-hydrogen) atoms. The summed E-state index contributed by atoms with van der Waals surface area (Å²) in [6.07, 6.45) is 6.40. The molecule has 84 valence electrons. The smallest absolute Gasteiger partial charge is 0.226 e. The van der Waals surface area contributed by atoms with E-state index in [1.807, 2.05) is 0 Å². The van der Waals surface area contributed by atoms with Crippen LogP contribution >= 0.6 is 0 Å². The Kier molecular flexibility index (Phi) is 3.10. The zero-order valence-corrected chi connectivity index (χ0v) is 9.44. The summed E-state index contributed by atoms with van der Waals surface area (Å²) < 4.78 is 0. The monoisotopic (exact) mass is 208 g/mol. The van der Waals surface area contributed by atoms with Gasteiger partial charge in [-0.3, -0.25) is 4.79 Å². The molecule has 1 amide bonds. The van der Waals surface area contributed by atoms with Crippen LogP contribution in [0.25, 0.3) is 0 Å². The fraction of sp³-hybridized carbons (Fsp3) is 0.750. The summed E-state index contributed by atoms with van der Waals surface area (Å²) in [6.45, 7) is 4.85. The quantitative estimate of drug-likeness (QED) is 0.682. The van der Waals surface area contributed by atoms with E-state index in [2.05, 4.69) is 23.6 Å². The van der Waals surface area contributed by atoms with Crippen molar-refractivity contribution in [2.75, 3.05) is 19.6 Å². The Hall–Kier alpha value is -0.830. The predicted molar refractivity (Wildman–Crippen MR) is 60.5 cm³/mol. The van der Waals surface area contributed by atoms with Crippen LogP contribution in [0, 0.1) is 5.41 Å². The zero-order chi connectivity index (χ0) is 10.7. The Morgan fingerprint density at radius 3 is 2.93 bits per heavy atom. The van der Waals surface area contributed by atoms with Gasteiger partial charge in [0.25, 0.3) is 0 Å². The van der Waals surface area contributed by atoms with E-state index in [-0.39, 0.29) is 11.3 Å². The Morgan fingerprint density at radius 2 is 2.40 bits per heavy atom. The normalized spacial score (nSPS) is 23.1. The van der Waals surface area contributed by atoms with Gasteiger partial charge in [-0.15, -0.1) is 0 Å². The zero-order valence-electron chi connectivity index (χ0n) is 9.44. The number of hydrogen-bond donors (Lipinski definition) is 2. The van der Waals surface area contributed by atoms with Crippen LogP contribution < -0.4 is 10.6 Å². The van der Waals surface area contributed by atoms with Crippen LogP contribution in [0.15, 0.2) is 11.6 Å². The second kappa shape index (κ2) is 4.35. The molecule has 1 heterocycles. The van der Waals surface area contributed by atoms with E-state index in [9.17, 15) is 4.79 Å². The molecule has 1 saturated carbocycles. The van der Waals surface area contributed by atoms with E-state index >= 15 is 0 Å². The molecule has 1 fully saturated rings. The SMILES string of the molecule is CCC1(C(=O)NCC2=CCNCC2)CC1. The number of carbonyl (C=O) groups excluding carboxylic acids is 1. The molecule has 0 radical (unpaired) electrons. The molecule has 0 atom stereocenters. The lowest BCUT2D eigenvalue weighted by molar-refractivity contribution is -0.126. The van der Waals surface area contributed by atoms with Gasteiger partial charge in [-0.05, 0) is 32.2 Å². The fourth-order valence-electron chi connectivity index (χ4n) is 2.10. The molecule has 1 aliphatic carbocycles. The lowest BCUT2D eigenvalue weighted by atomic mass is 10.0. The number of amides is 1. The summed E-state index contributed by atoms with van der Waals surface area (Å²) in [5.74, 6) is 0.268. The molecule has 0 aromatic rings. The van der Waals surface area contributed by atoms with Crippen molar-refractivity contribution in [2.24, 2.45) is 5.41 Å². The number of rotatable bonds is 4. The Labute approximate surface area is 91.3 Å². The molecule has 3 nitrogen and oxygen atoms in total. The number of hydrogen-bond acceptors (Lipinski definition) is 2. The largest absolute Gasteiger partial charge is 0.352 e. The summed E-state index contributed by atoms with van der Waals surface area (Å²) in [5.41, 5.74) is 1.38. The minimum absolute atomic E-state index is 0.00742. The van der Waals surface area contributed by atoms with E-state index in [0.717, 1.165) is 45.3 Å². The minimum Gasteiger partial charge on any atom is -0.352 e. The van der Waals surface area contributed by atoms with Gasteiger partial charge in [0.05, 0.1) is 0 Å².